The average Bonchev–Trinajstić information content (AvgIpc) is 2.72. The molecule has 0 aliphatic rings. The molecule has 186 valence electrons. The van der Waals surface area contributed by atoms with Gasteiger partial charge in [0.15, 0.2) is 0 Å². The number of likely N-dealkylation sites (N-methyl/N-ethyl adjacent to an activating group) is 3. The molecular weight excluding hydrogens is 432 g/mol. The molecule has 1 N–H and O–H groups in total. The predicted molar refractivity (Wildman–Crippen MR) is 129 cm³/mol. The van der Waals surface area contributed by atoms with E-state index in [0.29, 0.717) is 6.42 Å². The summed E-state index contributed by atoms with van der Waals surface area (Å²) in [5.41, 5.74) is -0.607. The summed E-state index contributed by atoms with van der Waals surface area (Å²) >= 11 is 1.78. The topological polar surface area (TPSA) is 99.3 Å². The van der Waals surface area contributed by atoms with E-state index in [0.717, 1.165) is 25.0 Å². The summed E-state index contributed by atoms with van der Waals surface area (Å²) in [6, 6.07) is -0.898. The Bertz CT molecular complexity index is 624. The second-order valence-electron chi connectivity index (χ2n) is 8.86. The van der Waals surface area contributed by atoms with E-state index in [1.807, 2.05) is 0 Å². The molecule has 0 saturated carbocycles. The first-order valence-corrected chi connectivity index (χ1v) is 12.4. The average molecular weight is 475 g/mol. The Balaban J connectivity index is 5.00. The molecule has 0 aromatic carbocycles. The van der Waals surface area contributed by atoms with Crippen LogP contribution in [-0.2, 0) is 19.1 Å². The van der Waals surface area contributed by atoms with Gasteiger partial charge in [0.1, 0.15) is 11.6 Å². The van der Waals surface area contributed by atoms with Crippen molar-refractivity contribution in [2.45, 2.75) is 64.5 Å². The standard InChI is InChI=1S/C22H42N4O5S/c1-22(2,3)31-21(30)25(6)14-13-24(5)20(29)17(16-18(27)23-4)26(7)19(28)12-10-9-11-15-32-8/h17H,9-16H2,1-8H3,(H,23,27)/t17-/m0/s1. The van der Waals surface area contributed by atoms with Crippen LogP contribution in [0.1, 0.15) is 52.9 Å². The lowest BCUT2D eigenvalue weighted by Crippen LogP contribution is -2.51. The van der Waals surface area contributed by atoms with Crippen LogP contribution in [0.4, 0.5) is 4.79 Å². The minimum atomic E-state index is -0.898. The molecule has 0 aliphatic heterocycles. The highest BCUT2D eigenvalue weighted by atomic mass is 32.2. The van der Waals surface area contributed by atoms with E-state index in [9.17, 15) is 19.2 Å². The molecule has 9 nitrogen and oxygen atoms in total. The van der Waals surface area contributed by atoms with E-state index in [4.69, 9.17) is 4.74 Å². The van der Waals surface area contributed by atoms with Crippen LogP contribution in [-0.4, -0.2) is 103 Å². The van der Waals surface area contributed by atoms with Gasteiger partial charge in [-0.15, -0.1) is 0 Å². The molecule has 0 saturated heterocycles. The number of thioether (sulfide) groups is 1. The van der Waals surface area contributed by atoms with Crippen molar-refractivity contribution in [3.05, 3.63) is 0 Å². The molecule has 10 heteroatoms. The summed E-state index contributed by atoms with van der Waals surface area (Å²) < 4.78 is 5.31. The van der Waals surface area contributed by atoms with Crippen LogP contribution >= 0.6 is 11.8 Å². The Morgan fingerprint density at radius 1 is 0.969 bits per heavy atom. The molecule has 0 unspecified atom stereocenters. The van der Waals surface area contributed by atoms with E-state index in [1.54, 1.807) is 53.7 Å². The molecule has 0 aliphatic carbocycles. The Labute approximate surface area is 197 Å². The van der Waals surface area contributed by atoms with Gasteiger partial charge in [-0.3, -0.25) is 14.4 Å². The first kappa shape index (κ1) is 30.0. The summed E-state index contributed by atoms with van der Waals surface area (Å²) in [5, 5.41) is 2.52. The molecule has 0 aromatic rings. The van der Waals surface area contributed by atoms with Gasteiger partial charge >= 0.3 is 6.09 Å². The van der Waals surface area contributed by atoms with Crippen LogP contribution in [0.25, 0.3) is 0 Å². The molecule has 0 spiro atoms. The highest BCUT2D eigenvalue weighted by Gasteiger charge is 2.31. The third-order valence-electron chi connectivity index (χ3n) is 4.89. The monoisotopic (exact) mass is 474 g/mol. The highest BCUT2D eigenvalue weighted by Crippen LogP contribution is 2.12. The number of ether oxygens (including phenoxy) is 1. The normalized spacial score (nSPS) is 12.0. The number of nitrogens with one attached hydrogen (secondary N) is 1. The zero-order valence-electron chi connectivity index (χ0n) is 21.0. The van der Waals surface area contributed by atoms with Crippen LogP contribution in [0.3, 0.4) is 0 Å². The van der Waals surface area contributed by atoms with Gasteiger partial charge in [-0.05, 0) is 45.6 Å². The first-order chi connectivity index (χ1) is 14.8. The summed E-state index contributed by atoms with van der Waals surface area (Å²) in [7, 11) is 6.26. The zero-order chi connectivity index (χ0) is 24.9. The van der Waals surface area contributed by atoms with Gasteiger partial charge in [-0.25, -0.2) is 4.79 Å². The lowest BCUT2D eigenvalue weighted by Gasteiger charge is -2.31. The SMILES string of the molecule is CNC(=O)C[C@@H](C(=O)N(C)CCN(C)C(=O)OC(C)(C)C)N(C)C(=O)CCCCCSC. The highest BCUT2D eigenvalue weighted by molar-refractivity contribution is 7.98. The van der Waals surface area contributed by atoms with Crippen LogP contribution in [0, 0.1) is 0 Å². The van der Waals surface area contributed by atoms with Gasteiger partial charge in [-0.1, -0.05) is 6.42 Å². The Hall–Kier alpha value is -1.97. The van der Waals surface area contributed by atoms with Gasteiger partial charge in [0.2, 0.25) is 17.7 Å². The third-order valence-corrected chi connectivity index (χ3v) is 5.59. The van der Waals surface area contributed by atoms with Gasteiger partial charge < -0.3 is 24.8 Å². The number of nitrogens with zero attached hydrogens (tertiary/aromatic N) is 3. The quantitative estimate of drug-likeness (QED) is 0.411. The summed E-state index contributed by atoms with van der Waals surface area (Å²) in [5.74, 6) is 0.243. The van der Waals surface area contributed by atoms with Gasteiger partial charge in [-0.2, -0.15) is 11.8 Å². The number of carbonyl (C=O) groups is 4. The van der Waals surface area contributed by atoms with Crippen molar-refractivity contribution in [2.75, 3.05) is 53.3 Å². The molecule has 0 aromatic heterocycles. The number of rotatable bonds is 13. The lowest BCUT2D eigenvalue weighted by molar-refractivity contribution is -0.145. The fourth-order valence-corrected chi connectivity index (χ4v) is 3.31. The molecule has 0 heterocycles. The maximum Gasteiger partial charge on any atom is 0.410 e. The molecular formula is C22H42N4O5S. The second-order valence-corrected chi connectivity index (χ2v) is 9.85. The fourth-order valence-electron chi connectivity index (χ4n) is 2.81. The number of hydrogen-bond acceptors (Lipinski definition) is 6. The molecule has 4 amide bonds. The van der Waals surface area contributed by atoms with E-state index >= 15 is 0 Å². The zero-order valence-corrected chi connectivity index (χ0v) is 21.8. The summed E-state index contributed by atoms with van der Waals surface area (Å²) in [4.78, 5) is 54.1. The minimum absolute atomic E-state index is 0.115. The van der Waals surface area contributed by atoms with Crippen LogP contribution in [0.2, 0.25) is 0 Å². The predicted octanol–water partition coefficient (Wildman–Crippen LogP) is 2.20. The Morgan fingerprint density at radius 3 is 2.09 bits per heavy atom. The smallest absolute Gasteiger partial charge is 0.410 e. The van der Waals surface area contributed by atoms with Gasteiger partial charge in [0.25, 0.3) is 0 Å². The van der Waals surface area contributed by atoms with Crippen molar-refractivity contribution in [3.63, 3.8) is 0 Å². The largest absolute Gasteiger partial charge is 0.444 e. The Kier molecular flexibility index (Phi) is 14.1. The van der Waals surface area contributed by atoms with Crippen molar-refractivity contribution in [1.82, 2.24) is 20.0 Å². The van der Waals surface area contributed by atoms with Crippen molar-refractivity contribution >= 4 is 35.6 Å². The fraction of sp³-hybridized carbons (Fsp3) is 0.818. The molecule has 1 atom stereocenters. The molecule has 0 radical (unpaired) electrons. The molecule has 0 bridgehead atoms. The van der Waals surface area contributed by atoms with Gasteiger partial charge in [0, 0.05) is 47.7 Å². The number of carbonyl (C=O) groups excluding carboxylic acids is 4. The summed E-state index contributed by atoms with van der Waals surface area (Å²) in [6.07, 6.45) is 4.55. The van der Waals surface area contributed by atoms with Crippen molar-refractivity contribution in [1.29, 1.82) is 0 Å². The van der Waals surface area contributed by atoms with Crippen LogP contribution < -0.4 is 5.32 Å². The first-order valence-electron chi connectivity index (χ1n) is 11.0. The van der Waals surface area contributed by atoms with Crippen molar-refractivity contribution in [2.24, 2.45) is 0 Å². The van der Waals surface area contributed by atoms with Crippen molar-refractivity contribution in [3.8, 4) is 0 Å². The van der Waals surface area contributed by atoms with E-state index in [2.05, 4.69) is 11.6 Å². The molecule has 32 heavy (non-hydrogen) atoms. The second kappa shape index (κ2) is 15.0. The maximum atomic E-state index is 13.1. The molecule has 0 rings (SSSR count). The summed E-state index contributed by atoms with van der Waals surface area (Å²) in [6.45, 7) is 5.86. The maximum absolute atomic E-state index is 13.1. The van der Waals surface area contributed by atoms with Gasteiger partial charge in [0.05, 0.1) is 6.42 Å². The minimum Gasteiger partial charge on any atom is -0.444 e. The molecule has 0 fully saturated rings. The van der Waals surface area contributed by atoms with E-state index < -0.39 is 17.7 Å². The van der Waals surface area contributed by atoms with E-state index in [-0.39, 0.29) is 37.2 Å². The van der Waals surface area contributed by atoms with E-state index in [1.165, 1.54) is 21.7 Å². The van der Waals surface area contributed by atoms with Crippen LogP contribution in [0.5, 0.6) is 0 Å². The number of amides is 4. The number of unbranched alkanes of at least 4 members (excludes halogenated alkanes) is 2. The van der Waals surface area contributed by atoms with Crippen LogP contribution in [0.15, 0.2) is 0 Å². The third kappa shape index (κ3) is 12.2. The lowest BCUT2D eigenvalue weighted by atomic mass is 10.1. The Morgan fingerprint density at radius 2 is 1.56 bits per heavy atom. The number of hydrogen-bond donors (Lipinski definition) is 1. The van der Waals surface area contributed by atoms with Crippen molar-refractivity contribution < 1.29 is 23.9 Å².